The molecule has 0 spiro atoms. The predicted octanol–water partition coefficient (Wildman–Crippen LogP) is 3.22. The molecule has 0 saturated heterocycles. The van der Waals surface area contributed by atoms with Crippen molar-refractivity contribution in [2.75, 3.05) is 18.9 Å². The number of hydrogen-bond acceptors (Lipinski definition) is 3. The quantitative estimate of drug-likeness (QED) is 0.883. The van der Waals surface area contributed by atoms with Gasteiger partial charge in [0.25, 0.3) is 0 Å². The molecule has 2 aromatic carbocycles. The van der Waals surface area contributed by atoms with Crippen LogP contribution in [0.2, 0.25) is 5.02 Å². The van der Waals surface area contributed by atoms with E-state index in [1.165, 1.54) is 13.1 Å². The van der Waals surface area contributed by atoms with Gasteiger partial charge in [0.2, 0.25) is 15.9 Å². The lowest BCUT2D eigenvalue weighted by atomic mass is 10.2. The molecule has 24 heavy (non-hydrogen) atoms. The number of nitrogens with one attached hydrogen (secondary N) is 1. The highest BCUT2D eigenvalue weighted by atomic mass is 35.5. The van der Waals surface area contributed by atoms with Gasteiger partial charge in [-0.15, -0.1) is 0 Å². The van der Waals surface area contributed by atoms with E-state index in [9.17, 15) is 13.2 Å². The van der Waals surface area contributed by atoms with E-state index in [4.69, 9.17) is 11.6 Å². The molecule has 0 heterocycles. The van der Waals surface area contributed by atoms with Crippen molar-refractivity contribution in [1.29, 1.82) is 0 Å². The molecule has 0 fully saturated rings. The second-order valence-electron chi connectivity index (χ2n) is 5.59. The lowest BCUT2D eigenvalue weighted by Crippen LogP contribution is -2.35. The third-order valence-corrected chi connectivity index (χ3v) is 5.72. The maximum absolute atomic E-state index is 12.6. The van der Waals surface area contributed by atoms with Crippen molar-refractivity contribution in [3.05, 3.63) is 58.6 Å². The smallest absolute Gasteiger partial charge is 0.243 e. The highest BCUT2D eigenvalue weighted by Gasteiger charge is 2.25. The second-order valence-corrected chi connectivity index (χ2v) is 8.03. The van der Waals surface area contributed by atoms with Gasteiger partial charge < -0.3 is 5.32 Å². The van der Waals surface area contributed by atoms with Crippen LogP contribution in [0, 0.1) is 13.8 Å². The SMILES string of the molecule is Cc1ccc(NC(=O)CN(C)S(=O)(=O)c2cc(Cl)ccc2C)cc1. The molecule has 5 nitrogen and oxygen atoms in total. The van der Waals surface area contributed by atoms with E-state index in [2.05, 4.69) is 5.32 Å². The number of likely N-dealkylation sites (N-methyl/N-ethyl adjacent to an activating group) is 1. The van der Waals surface area contributed by atoms with Gasteiger partial charge in [-0.25, -0.2) is 8.42 Å². The Bertz CT molecular complexity index is 849. The molecule has 0 unspecified atom stereocenters. The van der Waals surface area contributed by atoms with Crippen LogP contribution in [0.1, 0.15) is 11.1 Å². The van der Waals surface area contributed by atoms with Crippen molar-refractivity contribution in [2.24, 2.45) is 0 Å². The number of anilines is 1. The summed E-state index contributed by atoms with van der Waals surface area (Å²) in [7, 11) is -2.43. The van der Waals surface area contributed by atoms with Crippen molar-refractivity contribution in [2.45, 2.75) is 18.7 Å². The van der Waals surface area contributed by atoms with Crippen LogP contribution in [0.15, 0.2) is 47.4 Å². The zero-order chi connectivity index (χ0) is 17.9. The summed E-state index contributed by atoms with van der Waals surface area (Å²) >= 11 is 5.89. The maximum atomic E-state index is 12.6. The van der Waals surface area contributed by atoms with E-state index < -0.39 is 15.9 Å². The number of halogens is 1. The number of carbonyl (C=O) groups is 1. The van der Waals surface area contributed by atoms with Crippen molar-refractivity contribution >= 4 is 33.2 Å². The van der Waals surface area contributed by atoms with Crippen LogP contribution in [-0.4, -0.2) is 32.2 Å². The monoisotopic (exact) mass is 366 g/mol. The summed E-state index contributed by atoms with van der Waals surface area (Å²) in [6.07, 6.45) is 0. The fraction of sp³-hybridized carbons (Fsp3) is 0.235. The highest BCUT2D eigenvalue weighted by Crippen LogP contribution is 2.22. The third kappa shape index (κ3) is 4.35. The van der Waals surface area contributed by atoms with Gasteiger partial charge in [-0.05, 0) is 43.7 Å². The first-order chi connectivity index (χ1) is 11.2. The molecule has 0 saturated carbocycles. The number of carbonyl (C=O) groups excluding carboxylic acids is 1. The normalized spacial score (nSPS) is 11.5. The first kappa shape index (κ1) is 18.4. The molecule has 2 aromatic rings. The highest BCUT2D eigenvalue weighted by molar-refractivity contribution is 7.89. The standard InChI is InChI=1S/C17H19ClN2O3S/c1-12-4-8-15(9-5-12)19-17(21)11-20(3)24(22,23)16-10-14(18)7-6-13(16)2/h4-10H,11H2,1-3H3,(H,19,21). The van der Waals surface area contributed by atoms with Crippen molar-refractivity contribution in [3.8, 4) is 0 Å². The first-order valence-corrected chi connectivity index (χ1v) is 9.11. The van der Waals surface area contributed by atoms with Crippen LogP contribution in [0.5, 0.6) is 0 Å². The molecule has 0 atom stereocenters. The number of hydrogen-bond donors (Lipinski definition) is 1. The molecule has 0 aliphatic rings. The Morgan fingerprint density at radius 2 is 1.75 bits per heavy atom. The van der Waals surface area contributed by atoms with E-state index in [0.717, 1.165) is 9.87 Å². The molecule has 0 radical (unpaired) electrons. The van der Waals surface area contributed by atoms with Crippen molar-refractivity contribution in [1.82, 2.24) is 4.31 Å². The Hall–Kier alpha value is -1.89. The van der Waals surface area contributed by atoms with Crippen molar-refractivity contribution in [3.63, 3.8) is 0 Å². The summed E-state index contributed by atoms with van der Waals surface area (Å²) in [6.45, 7) is 3.34. The molecule has 0 aromatic heterocycles. The maximum Gasteiger partial charge on any atom is 0.243 e. The Labute approximate surface area is 147 Å². The van der Waals surface area contributed by atoms with E-state index in [-0.39, 0.29) is 11.4 Å². The van der Waals surface area contributed by atoms with Gasteiger partial charge >= 0.3 is 0 Å². The Balaban J connectivity index is 2.12. The molecule has 0 bridgehead atoms. The van der Waals surface area contributed by atoms with Gasteiger partial charge in [0, 0.05) is 17.8 Å². The summed E-state index contributed by atoms with van der Waals surface area (Å²) in [5.74, 6) is -0.412. The largest absolute Gasteiger partial charge is 0.325 e. The number of aryl methyl sites for hydroxylation is 2. The number of sulfonamides is 1. The van der Waals surface area contributed by atoms with Gasteiger partial charge in [-0.2, -0.15) is 4.31 Å². The molecule has 0 aliphatic heterocycles. The molecule has 0 aliphatic carbocycles. The van der Waals surface area contributed by atoms with Gasteiger partial charge in [0.05, 0.1) is 11.4 Å². The zero-order valence-electron chi connectivity index (χ0n) is 13.7. The third-order valence-electron chi connectivity index (χ3n) is 3.54. The number of nitrogens with zero attached hydrogens (tertiary/aromatic N) is 1. The topological polar surface area (TPSA) is 66.5 Å². The number of rotatable bonds is 5. The van der Waals surface area contributed by atoms with Gasteiger partial charge in [-0.3, -0.25) is 4.79 Å². The van der Waals surface area contributed by atoms with E-state index >= 15 is 0 Å². The molecular weight excluding hydrogens is 348 g/mol. The molecule has 128 valence electrons. The summed E-state index contributed by atoms with van der Waals surface area (Å²) in [6, 6.07) is 11.9. The average Bonchev–Trinajstić information content (AvgIpc) is 2.51. The second kappa shape index (κ2) is 7.34. The van der Waals surface area contributed by atoms with Crippen LogP contribution in [0.3, 0.4) is 0 Å². The fourth-order valence-electron chi connectivity index (χ4n) is 2.14. The minimum atomic E-state index is -3.80. The van der Waals surface area contributed by atoms with E-state index in [0.29, 0.717) is 16.3 Å². The van der Waals surface area contributed by atoms with Crippen molar-refractivity contribution < 1.29 is 13.2 Å². The molecule has 7 heteroatoms. The Kier molecular flexibility index (Phi) is 5.64. The minimum Gasteiger partial charge on any atom is -0.325 e. The summed E-state index contributed by atoms with van der Waals surface area (Å²) < 4.78 is 26.3. The van der Waals surface area contributed by atoms with Gasteiger partial charge in [0.1, 0.15) is 0 Å². The summed E-state index contributed by atoms with van der Waals surface area (Å²) in [5, 5.41) is 3.01. The predicted molar refractivity (Wildman–Crippen MR) is 95.8 cm³/mol. The van der Waals surface area contributed by atoms with Crippen LogP contribution < -0.4 is 5.32 Å². The molecule has 1 amide bonds. The van der Waals surface area contributed by atoms with Crippen LogP contribution >= 0.6 is 11.6 Å². The van der Waals surface area contributed by atoms with Gasteiger partial charge in [0.15, 0.2) is 0 Å². The lowest BCUT2D eigenvalue weighted by molar-refractivity contribution is -0.116. The van der Waals surface area contributed by atoms with E-state index in [1.54, 1.807) is 31.2 Å². The van der Waals surface area contributed by atoms with E-state index in [1.807, 2.05) is 19.1 Å². The average molecular weight is 367 g/mol. The summed E-state index contributed by atoms with van der Waals surface area (Å²) in [4.78, 5) is 12.2. The van der Waals surface area contributed by atoms with Gasteiger partial charge in [-0.1, -0.05) is 35.4 Å². The fourth-order valence-corrected chi connectivity index (χ4v) is 3.75. The van der Waals surface area contributed by atoms with Crippen LogP contribution in [-0.2, 0) is 14.8 Å². The molecular formula is C17H19ClN2O3S. The van der Waals surface area contributed by atoms with Crippen LogP contribution in [0.4, 0.5) is 5.69 Å². The summed E-state index contributed by atoms with van der Waals surface area (Å²) in [5.41, 5.74) is 2.27. The molecule has 2 rings (SSSR count). The minimum absolute atomic E-state index is 0.0978. The Morgan fingerprint density at radius 1 is 1.12 bits per heavy atom. The lowest BCUT2D eigenvalue weighted by Gasteiger charge is -2.18. The Morgan fingerprint density at radius 3 is 2.38 bits per heavy atom. The number of benzene rings is 2. The first-order valence-electron chi connectivity index (χ1n) is 7.29. The number of amides is 1. The van der Waals surface area contributed by atoms with Crippen LogP contribution in [0.25, 0.3) is 0 Å². The molecule has 1 N–H and O–H groups in total. The zero-order valence-corrected chi connectivity index (χ0v) is 15.3.